The van der Waals surface area contributed by atoms with Crippen LogP contribution in [0.25, 0.3) is 0 Å². The zero-order valence-electron chi connectivity index (χ0n) is 17.4. The van der Waals surface area contributed by atoms with Crippen LogP contribution in [-0.4, -0.2) is 22.2 Å². The van der Waals surface area contributed by atoms with Gasteiger partial charge in [0.25, 0.3) is 0 Å². The molecule has 0 aliphatic rings. The van der Waals surface area contributed by atoms with E-state index in [1.807, 2.05) is 30.3 Å². The van der Waals surface area contributed by atoms with Crippen LogP contribution in [-0.2, 0) is 16.0 Å². The molecule has 0 aromatic heterocycles. The molecule has 1 rings (SSSR count). The van der Waals surface area contributed by atoms with Crippen molar-refractivity contribution in [3.05, 3.63) is 35.9 Å². The minimum Gasteiger partial charge on any atom is -0.481 e. The number of hydrogen-bond donors (Lipinski definition) is 2. The molecule has 1 aromatic rings. The number of carbonyl (C=O) groups is 2. The Kier molecular flexibility index (Phi) is 13.1. The summed E-state index contributed by atoms with van der Waals surface area (Å²) in [7, 11) is 0. The van der Waals surface area contributed by atoms with Crippen LogP contribution < -0.4 is 0 Å². The third-order valence-corrected chi connectivity index (χ3v) is 5.54. The first kappa shape index (κ1) is 24.2. The van der Waals surface area contributed by atoms with Gasteiger partial charge in [-0.15, -0.1) is 0 Å². The standard InChI is InChI=1S/C24H38O4/c1-2-3-4-5-6-7-8-9-10-11-15-18-21(23(25)26)22(24(27)28)19-20-16-13-12-14-17-20/h12-14,16-17,21-22H,2-11,15,18-19H2,1H3,(H,25,26)(H,27,28)/t21-,22-/m0/s1. The Morgan fingerprint density at radius 1 is 0.714 bits per heavy atom. The van der Waals surface area contributed by atoms with Gasteiger partial charge in [0.1, 0.15) is 0 Å². The molecule has 2 N–H and O–H groups in total. The van der Waals surface area contributed by atoms with Gasteiger partial charge in [0.2, 0.25) is 0 Å². The van der Waals surface area contributed by atoms with E-state index in [9.17, 15) is 19.8 Å². The summed E-state index contributed by atoms with van der Waals surface area (Å²) in [6.45, 7) is 2.23. The lowest BCUT2D eigenvalue weighted by atomic mass is 9.83. The number of aliphatic carboxylic acids is 2. The lowest BCUT2D eigenvalue weighted by Gasteiger charge is -2.20. The van der Waals surface area contributed by atoms with E-state index in [0.717, 1.165) is 24.8 Å². The van der Waals surface area contributed by atoms with Crippen molar-refractivity contribution in [2.75, 3.05) is 0 Å². The molecule has 4 nitrogen and oxygen atoms in total. The number of carboxylic acids is 2. The molecule has 158 valence electrons. The van der Waals surface area contributed by atoms with Gasteiger partial charge in [0.05, 0.1) is 11.8 Å². The fourth-order valence-electron chi connectivity index (χ4n) is 3.79. The summed E-state index contributed by atoms with van der Waals surface area (Å²) in [6, 6.07) is 9.30. The molecule has 0 aliphatic carbocycles. The quantitative estimate of drug-likeness (QED) is 0.305. The molecule has 0 heterocycles. The summed E-state index contributed by atoms with van der Waals surface area (Å²) in [5.74, 6) is -3.70. The van der Waals surface area contributed by atoms with Gasteiger partial charge in [-0.05, 0) is 18.4 Å². The molecule has 0 radical (unpaired) electrons. The Balaban J connectivity index is 2.29. The van der Waals surface area contributed by atoms with E-state index >= 15 is 0 Å². The molecule has 0 aliphatic heterocycles. The summed E-state index contributed by atoms with van der Waals surface area (Å²) in [5, 5.41) is 19.1. The molecular formula is C24H38O4. The van der Waals surface area contributed by atoms with E-state index in [4.69, 9.17) is 0 Å². The van der Waals surface area contributed by atoms with Crippen molar-refractivity contribution in [3.8, 4) is 0 Å². The molecule has 2 atom stereocenters. The first-order valence-electron chi connectivity index (χ1n) is 11.1. The van der Waals surface area contributed by atoms with E-state index < -0.39 is 23.8 Å². The molecule has 0 fully saturated rings. The van der Waals surface area contributed by atoms with E-state index in [-0.39, 0.29) is 6.42 Å². The lowest BCUT2D eigenvalue weighted by Crippen LogP contribution is -2.31. The van der Waals surface area contributed by atoms with E-state index in [0.29, 0.717) is 6.42 Å². The average molecular weight is 391 g/mol. The summed E-state index contributed by atoms with van der Waals surface area (Å²) < 4.78 is 0. The van der Waals surface area contributed by atoms with Gasteiger partial charge in [-0.25, -0.2) is 0 Å². The fourth-order valence-corrected chi connectivity index (χ4v) is 3.79. The highest BCUT2D eigenvalue weighted by molar-refractivity contribution is 5.80. The molecular weight excluding hydrogens is 352 g/mol. The Bertz CT molecular complexity index is 541. The zero-order chi connectivity index (χ0) is 20.6. The van der Waals surface area contributed by atoms with Crippen molar-refractivity contribution in [1.29, 1.82) is 0 Å². The Morgan fingerprint density at radius 2 is 1.18 bits per heavy atom. The normalized spacial score (nSPS) is 13.2. The van der Waals surface area contributed by atoms with Gasteiger partial charge in [-0.3, -0.25) is 9.59 Å². The lowest BCUT2D eigenvalue weighted by molar-refractivity contribution is -0.154. The molecule has 0 unspecified atom stereocenters. The van der Waals surface area contributed by atoms with E-state index in [2.05, 4.69) is 6.92 Å². The largest absolute Gasteiger partial charge is 0.481 e. The van der Waals surface area contributed by atoms with Crippen molar-refractivity contribution < 1.29 is 19.8 Å². The van der Waals surface area contributed by atoms with Crippen LogP contribution in [0.1, 0.15) is 89.5 Å². The van der Waals surface area contributed by atoms with Gasteiger partial charge in [0.15, 0.2) is 0 Å². The molecule has 1 aromatic carbocycles. The first-order chi connectivity index (χ1) is 13.6. The Labute approximate surface area is 170 Å². The van der Waals surface area contributed by atoms with Crippen molar-refractivity contribution in [1.82, 2.24) is 0 Å². The molecule has 0 saturated heterocycles. The van der Waals surface area contributed by atoms with E-state index in [1.165, 1.54) is 51.4 Å². The van der Waals surface area contributed by atoms with Crippen molar-refractivity contribution in [2.24, 2.45) is 11.8 Å². The molecule has 0 saturated carbocycles. The van der Waals surface area contributed by atoms with Crippen LogP contribution in [0, 0.1) is 11.8 Å². The smallest absolute Gasteiger partial charge is 0.307 e. The van der Waals surface area contributed by atoms with Gasteiger partial charge < -0.3 is 10.2 Å². The predicted octanol–water partition coefficient (Wildman–Crippen LogP) is 6.33. The van der Waals surface area contributed by atoms with Gasteiger partial charge in [-0.1, -0.05) is 108 Å². The minimum atomic E-state index is -1.01. The predicted molar refractivity (Wildman–Crippen MR) is 113 cm³/mol. The number of carboxylic acid groups (broad SMARTS) is 2. The highest BCUT2D eigenvalue weighted by atomic mass is 16.4. The second-order valence-corrected chi connectivity index (χ2v) is 7.90. The highest BCUT2D eigenvalue weighted by Gasteiger charge is 2.33. The summed E-state index contributed by atoms with van der Waals surface area (Å²) in [4.78, 5) is 23.4. The molecule has 0 amide bonds. The number of rotatable bonds is 17. The molecule has 0 spiro atoms. The van der Waals surface area contributed by atoms with Gasteiger partial charge in [0, 0.05) is 0 Å². The number of unbranched alkanes of at least 4 members (excludes halogenated alkanes) is 10. The molecule has 28 heavy (non-hydrogen) atoms. The van der Waals surface area contributed by atoms with Gasteiger partial charge >= 0.3 is 11.9 Å². The topological polar surface area (TPSA) is 74.6 Å². The molecule has 4 heteroatoms. The van der Waals surface area contributed by atoms with Crippen LogP contribution in [0.4, 0.5) is 0 Å². The SMILES string of the molecule is CCCCCCCCCCCCC[C@H](C(=O)O)[C@H](Cc1ccccc1)C(=O)O. The highest BCUT2D eigenvalue weighted by Crippen LogP contribution is 2.25. The second-order valence-electron chi connectivity index (χ2n) is 7.90. The Hall–Kier alpha value is -1.84. The third kappa shape index (κ3) is 10.5. The maximum absolute atomic E-state index is 11.7. The minimum absolute atomic E-state index is 0.269. The van der Waals surface area contributed by atoms with E-state index in [1.54, 1.807) is 0 Å². The van der Waals surface area contributed by atoms with Crippen LogP contribution >= 0.6 is 0 Å². The molecule has 0 bridgehead atoms. The summed E-state index contributed by atoms with van der Waals surface area (Å²) >= 11 is 0. The monoisotopic (exact) mass is 390 g/mol. The second kappa shape index (κ2) is 15.1. The third-order valence-electron chi connectivity index (χ3n) is 5.54. The average Bonchev–Trinajstić information content (AvgIpc) is 2.68. The maximum atomic E-state index is 11.7. The van der Waals surface area contributed by atoms with Crippen LogP contribution in [0.2, 0.25) is 0 Å². The van der Waals surface area contributed by atoms with Crippen LogP contribution in [0.5, 0.6) is 0 Å². The first-order valence-corrected chi connectivity index (χ1v) is 11.1. The summed E-state index contributed by atoms with van der Waals surface area (Å²) in [5.41, 5.74) is 0.875. The Morgan fingerprint density at radius 3 is 1.64 bits per heavy atom. The van der Waals surface area contributed by atoms with Gasteiger partial charge in [-0.2, -0.15) is 0 Å². The summed E-state index contributed by atoms with van der Waals surface area (Å²) in [6.07, 6.45) is 14.0. The van der Waals surface area contributed by atoms with Crippen molar-refractivity contribution in [2.45, 2.75) is 90.4 Å². The van der Waals surface area contributed by atoms with Crippen LogP contribution in [0.3, 0.4) is 0 Å². The number of benzene rings is 1. The maximum Gasteiger partial charge on any atom is 0.307 e. The van der Waals surface area contributed by atoms with Crippen molar-refractivity contribution >= 4 is 11.9 Å². The van der Waals surface area contributed by atoms with Crippen molar-refractivity contribution in [3.63, 3.8) is 0 Å². The zero-order valence-corrected chi connectivity index (χ0v) is 17.4. The number of hydrogen-bond acceptors (Lipinski definition) is 2. The van der Waals surface area contributed by atoms with Crippen LogP contribution in [0.15, 0.2) is 30.3 Å². The fraction of sp³-hybridized carbons (Fsp3) is 0.667.